The van der Waals surface area contributed by atoms with Crippen LogP contribution in [0.3, 0.4) is 0 Å². The number of rotatable bonds is 1. The average Bonchev–Trinajstić information content (AvgIpc) is 2.62. The zero-order valence-electron chi connectivity index (χ0n) is 7.71. The number of hydrogen-bond acceptors (Lipinski definition) is 1. The largest absolute Gasteiger partial charge is 0.383 e. The first kappa shape index (κ1) is 8.74. The lowest BCUT2D eigenvalue weighted by Gasteiger charge is -2.02. The minimum atomic E-state index is -0.318. The van der Waals surface area contributed by atoms with E-state index in [1.54, 1.807) is 13.2 Å². The van der Waals surface area contributed by atoms with Crippen molar-refractivity contribution < 1.29 is 4.39 Å². The van der Waals surface area contributed by atoms with E-state index in [-0.39, 0.29) is 5.82 Å². The fourth-order valence-corrected chi connectivity index (χ4v) is 1.46. The van der Waals surface area contributed by atoms with E-state index in [2.05, 4.69) is 9.98 Å². The van der Waals surface area contributed by atoms with E-state index in [0.717, 1.165) is 10.9 Å². The van der Waals surface area contributed by atoms with Gasteiger partial charge in [0.1, 0.15) is 11.7 Å². The highest BCUT2D eigenvalue weighted by Crippen LogP contribution is 2.19. The smallest absolute Gasteiger partial charge is 0.126 e. The van der Waals surface area contributed by atoms with Gasteiger partial charge in [0.25, 0.3) is 0 Å². The molecule has 0 spiro atoms. The summed E-state index contributed by atoms with van der Waals surface area (Å²) in [6.07, 6.45) is 1.75. The Hall–Kier alpha value is -1.84. The van der Waals surface area contributed by atoms with Gasteiger partial charge in [0.2, 0.25) is 0 Å². The van der Waals surface area contributed by atoms with Crippen LogP contribution in [0.5, 0.6) is 0 Å². The molecule has 72 valence electrons. The van der Waals surface area contributed by atoms with Gasteiger partial charge in [-0.2, -0.15) is 0 Å². The first-order valence-corrected chi connectivity index (χ1v) is 4.21. The Kier molecular flexibility index (Phi) is 1.96. The summed E-state index contributed by atoms with van der Waals surface area (Å²) in [4.78, 5) is 6.77. The Morgan fingerprint density at radius 3 is 3.00 bits per heavy atom. The number of nitrogens with two attached hydrogens (primary N) is 1. The van der Waals surface area contributed by atoms with E-state index in [9.17, 15) is 4.39 Å². The van der Waals surface area contributed by atoms with Gasteiger partial charge >= 0.3 is 0 Å². The maximum atomic E-state index is 13.1. The molecular formula is C10H10FN3. The van der Waals surface area contributed by atoms with E-state index in [1.165, 1.54) is 12.1 Å². The zero-order chi connectivity index (χ0) is 10.1. The van der Waals surface area contributed by atoms with Gasteiger partial charge in [-0.15, -0.1) is 0 Å². The molecule has 0 saturated heterocycles. The van der Waals surface area contributed by atoms with Crippen molar-refractivity contribution in [2.24, 2.45) is 10.7 Å². The lowest BCUT2D eigenvalue weighted by atomic mass is 10.1. The Morgan fingerprint density at radius 2 is 2.29 bits per heavy atom. The van der Waals surface area contributed by atoms with Crippen molar-refractivity contribution in [2.75, 3.05) is 7.05 Å². The number of nitrogens with one attached hydrogen (secondary N) is 1. The molecular weight excluding hydrogens is 181 g/mol. The molecule has 0 bridgehead atoms. The molecule has 2 rings (SSSR count). The van der Waals surface area contributed by atoms with Crippen molar-refractivity contribution in [1.29, 1.82) is 0 Å². The monoisotopic (exact) mass is 191 g/mol. The number of fused-ring (bicyclic) bond motifs is 1. The molecule has 3 N–H and O–H groups in total. The van der Waals surface area contributed by atoms with Crippen LogP contribution in [0.4, 0.5) is 4.39 Å². The molecule has 2 aromatic rings. The second-order valence-corrected chi connectivity index (χ2v) is 3.00. The zero-order valence-corrected chi connectivity index (χ0v) is 7.71. The molecule has 0 unspecified atom stereocenters. The summed E-state index contributed by atoms with van der Waals surface area (Å²) in [6, 6.07) is 4.67. The average molecular weight is 191 g/mol. The number of H-pyrrole nitrogens is 1. The number of aromatic nitrogens is 1. The summed E-state index contributed by atoms with van der Waals surface area (Å²) in [5, 5.41) is 0.884. The van der Waals surface area contributed by atoms with Gasteiger partial charge in [0, 0.05) is 29.7 Å². The number of hydrogen-bond donors (Lipinski definition) is 2. The maximum Gasteiger partial charge on any atom is 0.126 e. The number of aliphatic imine (C=N–C) groups is 1. The third-order valence-corrected chi connectivity index (χ3v) is 2.15. The maximum absolute atomic E-state index is 13.1. The van der Waals surface area contributed by atoms with Crippen LogP contribution in [0.1, 0.15) is 5.56 Å². The van der Waals surface area contributed by atoms with E-state index in [4.69, 9.17) is 5.73 Å². The standard InChI is InChI=1S/C10H10FN3/c1-13-10(12)8-4-6(11)5-9-7(8)2-3-14-9/h2-5,14H,1H3,(H2,12,13). The quantitative estimate of drug-likeness (QED) is 0.522. The molecule has 0 radical (unpaired) electrons. The van der Waals surface area contributed by atoms with Crippen LogP contribution in [0.2, 0.25) is 0 Å². The third-order valence-electron chi connectivity index (χ3n) is 2.15. The molecule has 0 saturated carbocycles. The van der Waals surface area contributed by atoms with Crippen LogP contribution in [0, 0.1) is 5.82 Å². The Morgan fingerprint density at radius 1 is 1.50 bits per heavy atom. The molecule has 0 aliphatic heterocycles. The Labute approximate surface area is 80.5 Å². The molecule has 1 aromatic carbocycles. The van der Waals surface area contributed by atoms with Gasteiger partial charge in [-0.25, -0.2) is 4.39 Å². The normalized spacial score (nSPS) is 12.3. The minimum absolute atomic E-state index is 0.318. The van der Waals surface area contributed by atoms with Crippen LogP contribution < -0.4 is 5.73 Å². The molecule has 1 aromatic heterocycles. The highest BCUT2D eigenvalue weighted by atomic mass is 19.1. The molecule has 0 aliphatic rings. The number of benzene rings is 1. The second-order valence-electron chi connectivity index (χ2n) is 3.00. The number of nitrogens with zero attached hydrogens (tertiary/aromatic N) is 1. The van der Waals surface area contributed by atoms with E-state index < -0.39 is 0 Å². The number of amidine groups is 1. The summed E-state index contributed by atoms with van der Waals surface area (Å²) in [6.45, 7) is 0. The molecule has 3 nitrogen and oxygen atoms in total. The summed E-state index contributed by atoms with van der Waals surface area (Å²) < 4.78 is 13.1. The lowest BCUT2D eigenvalue weighted by molar-refractivity contribution is 0.629. The summed E-state index contributed by atoms with van der Waals surface area (Å²) in [5.74, 6) is 0.0238. The van der Waals surface area contributed by atoms with Crippen LogP contribution in [0.15, 0.2) is 29.4 Å². The predicted octanol–water partition coefficient (Wildman–Crippen LogP) is 1.64. The molecule has 14 heavy (non-hydrogen) atoms. The molecule has 0 fully saturated rings. The molecule has 1 heterocycles. The molecule has 0 atom stereocenters. The van der Waals surface area contributed by atoms with Crippen molar-refractivity contribution in [3.8, 4) is 0 Å². The van der Waals surface area contributed by atoms with Gasteiger partial charge in [-0.3, -0.25) is 4.99 Å². The van der Waals surface area contributed by atoms with Crippen molar-refractivity contribution >= 4 is 16.7 Å². The SMILES string of the molecule is CN=C(N)c1cc(F)cc2[nH]ccc12. The van der Waals surface area contributed by atoms with Crippen molar-refractivity contribution in [3.05, 3.63) is 35.8 Å². The minimum Gasteiger partial charge on any atom is -0.383 e. The van der Waals surface area contributed by atoms with Gasteiger partial charge in [0.15, 0.2) is 0 Å². The van der Waals surface area contributed by atoms with Crippen LogP contribution >= 0.6 is 0 Å². The molecule has 0 aliphatic carbocycles. The highest BCUT2D eigenvalue weighted by molar-refractivity contribution is 6.08. The number of halogens is 1. The van der Waals surface area contributed by atoms with E-state index in [1.807, 2.05) is 6.07 Å². The fraction of sp³-hybridized carbons (Fsp3) is 0.100. The fourth-order valence-electron chi connectivity index (χ4n) is 1.46. The van der Waals surface area contributed by atoms with E-state index in [0.29, 0.717) is 11.4 Å². The van der Waals surface area contributed by atoms with Crippen molar-refractivity contribution in [3.63, 3.8) is 0 Å². The molecule has 4 heteroatoms. The van der Waals surface area contributed by atoms with Crippen molar-refractivity contribution in [2.45, 2.75) is 0 Å². The van der Waals surface area contributed by atoms with Gasteiger partial charge < -0.3 is 10.7 Å². The van der Waals surface area contributed by atoms with Gasteiger partial charge in [-0.05, 0) is 18.2 Å². The topological polar surface area (TPSA) is 54.2 Å². The lowest BCUT2D eigenvalue weighted by Crippen LogP contribution is -2.13. The predicted molar refractivity (Wildman–Crippen MR) is 54.9 cm³/mol. The summed E-state index contributed by atoms with van der Waals surface area (Å²) in [7, 11) is 1.58. The van der Waals surface area contributed by atoms with Crippen LogP contribution in [-0.4, -0.2) is 17.9 Å². The molecule has 0 amide bonds. The Balaban J connectivity index is 2.79. The van der Waals surface area contributed by atoms with Crippen LogP contribution in [0.25, 0.3) is 10.9 Å². The first-order chi connectivity index (χ1) is 6.72. The second kappa shape index (κ2) is 3.14. The third kappa shape index (κ3) is 1.25. The first-order valence-electron chi connectivity index (χ1n) is 4.21. The highest BCUT2D eigenvalue weighted by Gasteiger charge is 2.07. The van der Waals surface area contributed by atoms with Crippen LogP contribution in [-0.2, 0) is 0 Å². The number of aromatic amines is 1. The summed E-state index contributed by atoms with van der Waals surface area (Å²) in [5.41, 5.74) is 7.01. The van der Waals surface area contributed by atoms with Gasteiger partial charge in [0.05, 0.1) is 0 Å². The van der Waals surface area contributed by atoms with E-state index >= 15 is 0 Å². The van der Waals surface area contributed by atoms with Gasteiger partial charge in [-0.1, -0.05) is 0 Å². The van der Waals surface area contributed by atoms with Crippen molar-refractivity contribution in [1.82, 2.24) is 4.98 Å². The Bertz CT molecular complexity index is 499. The summed E-state index contributed by atoms with van der Waals surface area (Å²) >= 11 is 0.